The number of nitrogens with two attached hydrogens (primary N) is 1. The second kappa shape index (κ2) is 3.83. The summed E-state index contributed by atoms with van der Waals surface area (Å²) in [6.45, 7) is 1.84. The molecule has 0 fully saturated rings. The minimum atomic E-state index is 0.545. The number of halogens is 2. The standard InChI is InChI=1S/C9H8BrClN4/c1-5-7(11)4-15(14-5)9-6(10)2-13-3-8(9)12/h2-4H,12H2,1H3. The molecule has 0 radical (unpaired) electrons. The Morgan fingerprint density at radius 2 is 2.20 bits per heavy atom. The van der Waals surface area contributed by atoms with Crippen LogP contribution in [0.15, 0.2) is 23.1 Å². The monoisotopic (exact) mass is 286 g/mol. The van der Waals surface area contributed by atoms with Crippen LogP contribution in [0.4, 0.5) is 5.69 Å². The molecule has 2 aromatic heterocycles. The second-order valence-corrected chi connectivity index (χ2v) is 4.33. The first-order valence-electron chi connectivity index (χ1n) is 4.20. The molecule has 0 aliphatic heterocycles. The summed E-state index contributed by atoms with van der Waals surface area (Å²) in [5.41, 5.74) is 7.87. The van der Waals surface area contributed by atoms with E-state index in [4.69, 9.17) is 17.3 Å². The fraction of sp³-hybridized carbons (Fsp3) is 0.111. The smallest absolute Gasteiger partial charge is 0.105 e. The quantitative estimate of drug-likeness (QED) is 0.877. The van der Waals surface area contributed by atoms with E-state index in [1.807, 2.05) is 6.92 Å². The van der Waals surface area contributed by atoms with Crippen molar-refractivity contribution in [3.8, 4) is 5.69 Å². The fourth-order valence-electron chi connectivity index (χ4n) is 1.24. The Balaban J connectivity index is 2.63. The lowest BCUT2D eigenvalue weighted by Crippen LogP contribution is -2.02. The summed E-state index contributed by atoms with van der Waals surface area (Å²) in [6, 6.07) is 0. The van der Waals surface area contributed by atoms with Gasteiger partial charge in [-0.2, -0.15) is 5.10 Å². The molecule has 0 amide bonds. The highest BCUT2D eigenvalue weighted by molar-refractivity contribution is 9.10. The van der Waals surface area contributed by atoms with E-state index in [9.17, 15) is 0 Å². The van der Waals surface area contributed by atoms with Gasteiger partial charge in [-0.1, -0.05) is 11.6 Å². The summed E-state index contributed by atoms with van der Waals surface area (Å²) in [7, 11) is 0. The van der Waals surface area contributed by atoms with Crippen LogP contribution < -0.4 is 5.73 Å². The predicted molar refractivity (Wildman–Crippen MR) is 63.2 cm³/mol. The van der Waals surface area contributed by atoms with E-state index in [1.165, 1.54) is 0 Å². The van der Waals surface area contributed by atoms with Crippen LogP contribution in [0, 0.1) is 6.92 Å². The average Bonchev–Trinajstić information content (AvgIpc) is 2.46. The summed E-state index contributed by atoms with van der Waals surface area (Å²) in [4.78, 5) is 3.95. The molecule has 0 saturated heterocycles. The minimum absolute atomic E-state index is 0.545. The summed E-state index contributed by atoms with van der Waals surface area (Å²) < 4.78 is 2.42. The predicted octanol–water partition coefficient (Wildman–Crippen LogP) is 2.57. The molecule has 2 aromatic rings. The van der Waals surface area contributed by atoms with E-state index in [-0.39, 0.29) is 0 Å². The molecule has 0 atom stereocenters. The molecule has 0 bridgehead atoms. The molecule has 2 heterocycles. The maximum atomic E-state index is 5.93. The zero-order chi connectivity index (χ0) is 11.0. The molecule has 78 valence electrons. The van der Waals surface area contributed by atoms with Crippen molar-refractivity contribution in [1.29, 1.82) is 0 Å². The van der Waals surface area contributed by atoms with Gasteiger partial charge in [-0.15, -0.1) is 0 Å². The SMILES string of the molecule is Cc1nn(-c2c(N)cncc2Br)cc1Cl. The Labute approximate surface area is 100 Å². The first-order chi connectivity index (χ1) is 7.09. The topological polar surface area (TPSA) is 56.7 Å². The normalized spacial score (nSPS) is 10.6. The summed E-state index contributed by atoms with van der Waals surface area (Å²) in [5.74, 6) is 0. The van der Waals surface area contributed by atoms with Crippen molar-refractivity contribution in [3.63, 3.8) is 0 Å². The van der Waals surface area contributed by atoms with E-state index >= 15 is 0 Å². The van der Waals surface area contributed by atoms with Crippen LogP contribution in [0.1, 0.15) is 5.69 Å². The van der Waals surface area contributed by atoms with E-state index < -0.39 is 0 Å². The number of anilines is 1. The first-order valence-corrected chi connectivity index (χ1v) is 5.38. The third kappa shape index (κ3) is 1.85. The van der Waals surface area contributed by atoms with Gasteiger partial charge in [0, 0.05) is 12.4 Å². The van der Waals surface area contributed by atoms with Gasteiger partial charge in [-0.3, -0.25) is 4.98 Å². The number of rotatable bonds is 1. The van der Waals surface area contributed by atoms with E-state index in [0.29, 0.717) is 10.7 Å². The van der Waals surface area contributed by atoms with Gasteiger partial charge in [-0.25, -0.2) is 4.68 Å². The number of pyridine rings is 1. The highest BCUT2D eigenvalue weighted by atomic mass is 79.9. The molecular weight excluding hydrogens is 279 g/mol. The molecule has 2 N–H and O–H groups in total. The lowest BCUT2D eigenvalue weighted by Gasteiger charge is -2.06. The molecule has 6 heteroatoms. The number of aromatic nitrogens is 3. The minimum Gasteiger partial charge on any atom is -0.396 e. The van der Waals surface area contributed by atoms with E-state index in [1.54, 1.807) is 23.3 Å². The Morgan fingerprint density at radius 3 is 2.73 bits per heavy atom. The molecule has 0 saturated carbocycles. The third-order valence-electron chi connectivity index (χ3n) is 1.97. The molecule has 4 nitrogen and oxygen atoms in total. The van der Waals surface area contributed by atoms with Gasteiger partial charge in [0.25, 0.3) is 0 Å². The van der Waals surface area contributed by atoms with Gasteiger partial charge in [0.2, 0.25) is 0 Å². The van der Waals surface area contributed by atoms with Crippen LogP contribution in [-0.4, -0.2) is 14.8 Å². The second-order valence-electron chi connectivity index (χ2n) is 3.07. The third-order valence-corrected chi connectivity index (χ3v) is 2.92. The van der Waals surface area contributed by atoms with Crippen molar-refractivity contribution >= 4 is 33.2 Å². The van der Waals surface area contributed by atoms with Crippen molar-refractivity contribution in [2.24, 2.45) is 0 Å². The lowest BCUT2D eigenvalue weighted by molar-refractivity contribution is 0.858. The zero-order valence-electron chi connectivity index (χ0n) is 7.91. The van der Waals surface area contributed by atoms with Crippen LogP contribution in [0.2, 0.25) is 5.02 Å². The number of hydrogen-bond acceptors (Lipinski definition) is 3. The van der Waals surface area contributed by atoms with E-state index in [2.05, 4.69) is 26.0 Å². The molecule has 15 heavy (non-hydrogen) atoms. The first kappa shape index (κ1) is 10.4. The highest BCUT2D eigenvalue weighted by Gasteiger charge is 2.10. The van der Waals surface area contributed by atoms with Crippen molar-refractivity contribution in [2.75, 3.05) is 5.73 Å². The van der Waals surface area contributed by atoms with Crippen LogP contribution in [0.3, 0.4) is 0 Å². The van der Waals surface area contributed by atoms with Gasteiger partial charge in [0.15, 0.2) is 0 Å². The molecule has 0 aromatic carbocycles. The molecule has 0 spiro atoms. The maximum absolute atomic E-state index is 5.93. The van der Waals surface area contributed by atoms with Crippen LogP contribution in [0.25, 0.3) is 5.69 Å². The Bertz CT molecular complexity index is 469. The average molecular weight is 288 g/mol. The number of nitrogens with zero attached hydrogens (tertiary/aromatic N) is 3. The highest BCUT2D eigenvalue weighted by Crippen LogP contribution is 2.26. The molecule has 2 rings (SSSR count). The molecule has 0 unspecified atom stereocenters. The fourth-order valence-corrected chi connectivity index (χ4v) is 1.90. The zero-order valence-corrected chi connectivity index (χ0v) is 10.2. The van der Waals surface area contributed by atoms with E-state index in [0.717, 1.165) is 15.9 Å². The Kier molecular flexibility index (Phi) is 2.67. The Morgan fingerprint density at radius 1 is 1.47 bits per heavy atom. The summed E-state index contributed by atoms with van der Waals surface area (Å²) in [5, 5.41) is 4.86. The number of hydrogen-bond donors (Lipinski definition) is 1. The van der Waals surface area contributed by atoms with Gasteiger partial charge in [-0.05, 0) is 22.9 Å². The van der Waals surface area contributed by atoms with Crippen LogP contribution in [0.5, 0.6) is 0 Å². The van der Waals surface area contributed by atoms with Gasteiger partial charge < -0.3 is 5.73 Å². The van der Waals surface area contributed by atoms with Crippen molar-refractivity contribution in [1.82, 2.24) is 14.8 Å². The summed E-state index contributed by atoms with van der Waals surface area (Å²) in [6.07, 6.45) is 4.95. The van der Waals surface area contributed by atoms with Gasteiger partial charge in [0.05, 0.1) is 27.1 Å². The largest absolute Gasteiger partial charge is 0.396 e. The van der Waals surface area contributed by atoms with Crippen LogP contribution >= 0.6 is 27.5 Å². The summed E-state index contributed by atoms with van der Waals surface area (Å²) >= 11 is 9.30. The molecule has 0 aliphatic carbocycles. The van der Waals surface area contributed by atoms with Gasteiger partial charge in [0.1, 0.15) is 5.69 Å². The maximum Gasteiger partial charge on any atom is 0.105 e. The molecular formula is C9H8BrClN4. The molecule has 0 aliphatic rings. The van der Waals surface area contributed by atoms with Crippen molar-refractivity contribution in [3.05, 3.63) is 33.8 Å². The van der Waals surface area contributed by atoms with Crippen molar-refractivity contribution < 1.29 is 0 Å². The van der Waals surface area contributed by atoms with Crippen LogP contribution in [-0.2, 0) is 0 Å². The van der Waals surface area contributed by atoms with Gasteiger partial charge >= 0.3 is 0 Å². The number of aryl methyl sites for hydroxylation is 1. The van der Waals surface area contributed by atoms with Crippen molar-refractivity contribution in [2.45, 2.75) is 6.92 Å². The lowest BCUT2D eigenvalue weighted by atomic mass is 10.3. The Hall–Kier alpha value is -1.07. The number of nitrogen functional groups attached to an aromatic ring is 1.